The van der Waals surface area contributed by atoms with E-state index in [1.54, 1.807) is 46.2 Å². The monoisotopic (exact) mass is 411 g/mol. The molecule has 0 saturated carbocycles. The molecular weight excluding hydrogens is 390 g/mol. The van der Waals surface area contributed by atoms with E-state index < -0.39 is 0 Å². The number of piperidine rings is 1. The number of para-hydroxylation sites is 1. The zero-order chi connectivity index (χ0) is 20.4. The molecule has 150 valence electrons. The molecule has 0 aliphatic carbocycles. The third-order valence-electron chi connectivity index (χ3n) is 5.46. The van der Waals surface area contributed by atoms with Crippen LogP contribution in [0.3, 0.4) is 0 Å². The van der Waals surface area contributed by atoms with E-state index in [2.05, 4.69) is 5.32 Å². The first-order chi connectivity index (χ1) is 14.0. The highest BCUT2D eigenvalue weighted by atomic mass is 35.5. The maximum atomic E-state index is 12.8. The number of anilines is 1. The molecule has 4 rings (SSSR count). The average Bonchev–Trinajstić information content (AvgIpc) is 2.74. The predicted molar refractivity (Wildman–Crippen MR) is 111 cm³/mol. The Bertz CT molecular complexity index is 945. The molecule has 0 radical (unpaired) electrons. The largest absolute Gasteiger partial charge is 0.329 e. The molecule has 2 saturated heterocycles. The molecule has 1 atom stereocenters. The Morgan fingerprint density at radius 2 is 1.83 bits per heavy atom. The van der Waals surface area contributed by atoms with Crippen LogP contribution in [0.25, 0.3) is 0 Å². The maximum absolute atomic E-state index is 12.8. The number of benzene rings is 2. The van der Waals surface area contributed by atoms with Gasteiger partial charge in [-0.05, 0) is 49.1 Å². The van der Waals surface area contributed by atoms with Crippen LogP contribution < -0.4 is 5.32 Å². The van der Waals surface area contributed by atoms with Crippen LogP contribution in [-0.2, 0) is 16.1 Å². The van der Waals surface area contributed by atoms with E-state index >= 15 is 0 Å². The third-order valence-corrected chi connectivity index (χ3v) is 5.79. The zero-order valence-corrected chi connectivity index (χ0v) is 16.7. The van der Waals surface area contributed by atoms with Crippen LogP contribution in [0.4, 0.5) is 5.69 Å². The van der Waals surface area contributed by atoms with E-state index in [0.29, 0.717) is 29.4 Å². The normalized spacial score (nSPS) is 19.1. The van der Waals surface area contributed by atoms with Crippen molar-refractivity contribution in [2.45, 2.75) is 31.8 Å². The summed E-state index contributed by atoms with van der Waals surface area (Å²) in [6, 6.07) is 13.8. The van der Waals surface area contributed by atoms with E-state index in [4.69, 9.17) is 11.6 Å². The minimum Gasteiger partial charge on any atom is -0.329 e. The molecule has 2 aliphatic rings. The smallest absolute Gasteiger partial charge is 0.255 e. The van der Waals surface area contributed by atoms with Gasteiger partial charge in [-0.15, -0.1) is 0 Å². The number of amides is 3. The number of carbonyl (C=O) groups excluding carboxylic acids is 3. The van der Waals surface area contributed by atoms with Gasteiger partial charge < -0.3 is 15.1 Å². The summed E-state index contributed by atoms with van der Waals surface area (Å²) in [6.07, 6.45) is 2.68. The molecule has 0 aromatic heterocycles. The summed E-state index contributed by atoms with van der Waals surface area (Å²) in [4.78, 5) is 40.9. The van der Waals surface area contributed by atoms with Gasteiger partial charge in [-0.1, -0.05) is 35.9 Å². The maximum Gasteiger partial charge on any atom is 0.255 e. The van der Waals surface area contributed by atoms with E-state index in [1.165, 1.54) is 0 Å². The number of rotatable bonds is 4. The second-order valence-corrected chi connectivity index (χ2v) is 7.83. The molecule has 7 heteroatoms. The lowest BCUT2D eigenvalue weighted by Crippen LogP contribution is -2.60. The summed E-state index contributed by atoms with van der Waals surface area (Å²) in [5, 5.41) is 3.26. The molecule has 0 bridgehead atoms. The summed E-state index contributed by atoms with van der Waals surface area (Å²) in [5.74, 6) is -0.221. The van der Waals surface area contributed by atoms with Crippen LogP contribution in [0, 0.1) is 0 Å². The van der Waals surface area contributed by atoms with Crippen LogP contribution in [0.15, 0.2) is 48.5 Å². The van der Waals surface area contributed by atoms with Crippen LogP contribution in [0.5, 0.6) is 0 Å². The van der Waals surface area contributed by atoms with Crippen molar-refractivity contribution in [1.82, 2.24) is 9.80 Å². The SMILES string of the molecule is O=C(Nc1ccccc1Cl)c1ccc(CN2CC(=O)N3CCCCC3C2=O)cc1. The van der Waals surface area contributed by atoms with Gasteiger partial charge >= 0.3 is 0 Å². The number of hydrogen-bond acceptors (Lipinski definition) is 3. The van der Waals surface area contributed by atoms with Crippen LogP contribution in [0.2, 0.25) is 5.02 Å². The Morgan fingerprint density at radius 1 is 1.07 bits per heavy atom. The number of carbonyl (C=O) groups is 3. The number of hydrogen-bond donors (Lipinski definition) is 1. The Morgan fingerprint density at radius 3 is 2.59 bits per heavy atom. The first kappa shape index (κ1) is 19.5. The van der Waals surface area contributed by atoms with E-state index in [-0.39, 0.29) is 30.3 Å². The second-order valence-electron chi connectivity index (χ2n) is 7.42. The van der Waals surface area contributed by atoms with Gasteiger partial charge in [0.1, 0.15) is 12.6 Å². The molecule has 2 heterocycles. The summed E-state index contributed by atoms with van der Waals surface area (Å²) in [5.41, 5.74) is 1.93. The van der Waals surface area contributed by atoms with Crippen LogP contribution >= 0.6 is 11.6 Å². The van der Waals surface area contributed by atoms with Gasteiger partial charge in [0.05, 0.1) is 10.7 Å². The fourth-order valence-electron chi connectivity index (χ4n) is 3.90. The standard InChI is InChI=1S/C22H22ClN3O3/c23-17-5-1-2-6-18(17)24-21(28)16-10-8-15(9-11-16)13-25-14-20(27)26-12-4-3-7-19(26)22(25)29/h1-2,5-6,8-11,19H,3-4,7,12-14H2,(H,24,28). The molecule has 2 aromatic carbocycles. The number of nitrogens with zero attached hydrogens (tertiary/aromatic N) is 2. The molecule has 2 aliphatic heterocycles. The van der Waals surface area contributed by atoms with Gasteiger partial charge in [-0.3, -0.25) is 14.4 Å². The minimum atomic E-state index is -0.314. The van der Waals surface area contributed by atoms with Crippen molar-refractivity contribution < 1.29 is 14.4 Å². The molecule has 0 spiro atoms. The van der Waals surface area contributed by atoms with Crippen molar-refractivity contribution in [1.29, 1.82) is 0 Å². The fourth-order valence-corrected chi connectivity index (χ4v) is 4.09. The first-order valence-electron chi connectivity index (χ1n) is 9.76. The highest BCUT2D eigenvalue weighted by molar-refractivity contribution is 6.33. The van der Waals surface area contributed by atoms with Gasteiger partial charge in [0.15, 0.2) is 0 Å². The lowest BCUT2D eigenvalue weighted by molar-refractivity contribution is -0.158. The molecule has 2 fully saturated rings. The predicted octanol–water partition coefficient (Wildman–Crippen LogP) is 3.32. The van der Waals surface area contributed by atoms with E-state index in [0.717, 1.165) is 24.8 Å². The molecule has 1 unspecified atom stereocenters. The molecule has 29 heavy (non-hydrogen) atoms. The lowest BCUT2D eigenvalue weighted by Gasteiger charge is -2.42. The van der Waals surface area contributed by atoms with E-state index in [9.17, 15) is 14.4 Å². The van der Waals surface area contributed by atoms with Crippen LogP contribution in [0.1, 0.15) is 35.2 Å². The number of nitrogens with one attached hydrogen (secondary N) is 1. The summed E-state index contributed by atoms with van der Waals surface area (Å²) < 4.78 is 0. The summed E-state index contributed by atoms with van der Waals surface area (Å²) in [7, 11) is 0. The average molecular weight is 412 g/mol. The molecular formula is C22H22ClN3O3. The Kier molecular flexibility index (Phi) is 5.53. The summed E-state index contributed by atoms with van der Waals surface area (Å²) >= 11 is 6.08. The molecule has 2 aromatic rings. The lowest BCUT2D eigenvalue weighted by atomic mass is 9.98. The van der Waals surface area contributed by atoms with Gasteiger partial charge in [0.2, 0.25) is 11.8 Å². The second kappa shape index (κ2) is 8.25. The number of piperazine rings is 1. The summed E-state index contributed by atoms with van der Waals surface area (Å²) in [6.45, 7) is 1.16. The molecule has 3 amide bonds. The third kappa shape index (κ3) is 4.12. The van der Waals surface area contributed by atoms with Gasteiger partial charge in [-0.25, -0.2) is 0 Å². The fraction of sp³-hybridized carbons (Fsp3) is 0.318. The highest BCUT2D eigenvalue weighted by Gasteiger charge is 2.40. The minimum absolute atomic E-state index is 0.0184. The van der Waals surface area contributed by atoms with Gasteiger partial charge in [-0.2, -0.15) is 0 Å². The van der Waals surface area contributed by atoms with Crippen molar-refractivity contribution >= 4 is 35.0 Å². The quantitative estimate of drug-likeness (QED) is 0.839. The Hall–Kier alpha value is -2.86. The van der Waals surface area contributed by atoms with Crippen molar-refractivity contribution in [3.05, 3.63) is 64.7 Å². The van der Waals surface area contributed by atoms with Crippen LogP contribution in [-0.4, -0.2) is 46.7 Å². The first-order valence-corrected chi connectivity index (χ1v) is 10.1. The Labute approximate surface area is 174 Å². The van der Waals surface area contributed by atoms with Crippen molar-refractivity contribution in [3.8, 4) is 0 Å². The highest BCUT2D eigenvalue weighted by Crippen LogP contribution is 2.25. The molecule has 6 nitrogen and oxygen atoms in total. The zero-order valence-electron chi connectivity index (χ0n) is 15.9. The van der Waals surface area contributed by atoms with Crippen molar-refractivity contribution in [3.63, 3.8) is 0 Å². The topological polar surface area (TPSA) is 69.7 Å². The Balaban J connectivity index is 1.42. The van der Waals surface area contributed by atoms with Gasteiger partial charge in [0.25, 0.3) is 5.91 Å². The number of halogens is 1. The van der Waals surface area contributed by atoms with Gasteiger partial charge in [0, 0.05) is 18.7 Å². The number of fused-ring (bicyclic) bond motifs is 1. The molecule has 1 N–H and O–H groups in total. The van der Waals surface area contributed by atoms with Crippen molar-refractivity contribution in [2.75, 3.05) is 18.4 Å². The van der Waals surface area contributed by atoms with E-state index in [1.807, 2.05) is 12.1 Å². The van der Waals surface area contributed by atoms with Crippen molar-refractivity contribution in [2.24, 2.45) is 0 Å².